The summed E-state index contributed by atoms with van der Waals surface area (Å²) in [5.74, 6) is 0.949. The Morgan fingerprint density at radius 2 is 1.85 bits per heavy atom. The fourth-order valence-corrected chi connectivity index (χ4v) is 2.43. The second-order valence-electron chi connectivity index (χ2n) is 5.45. The third-order valence-corrected chi connectivity index (χ3v) is 3.68. The number of likely N-dealkylation sites (tertiary alicyclic amines) is 1. The number of rotatable bonds is 4. The Morgan fingerprint density at radius 3 is 2.40 bits per heavy atom. The average molecular weight is 275 g/mol. The zero-order chi connectivity index (χ0) is 14.7. The molecule has 0 atom stereocenters. The van der Waals surface area contributed by atoms with Crippen LogP contribution in [0.3, 0.4) is 0 Å². The molecule has 108 valence electrons. The summed E-state index contributed by atoms with van der Waals surface area (Å²) in [6.07, 6.45) is 1.58. The minimum atomic E-state index is -0.0850. The van der Waals surface area contributed by atoms with E-state index in [1.807, 2.05) is 18.2 Å². The van der Waals surface area contributed by atoms with Crippen LogP contribution < -0.4 is 4.74 Å². The van der Waals surface area contributed by atoms with Crippen molar-refractivity contribution < 1.29 is 14.3 Å². The number of nitrogens with zero attached hydrogens (tertiary/aromatic N) is 1. The fourth-order valence-electron chi connectivity index (χ4n) is 2.43. The first-order chi connectivity index (χ1) is 9.52. The maximum Gasteiger partial charge on any atom is 0.229 e. The van der Waals surface area contributed by atoms with Gasteiger partial charge in [0.15, 0.2) is 0 Å². The van der Waals surface area contributed by atoms with Crippen LogP contribution in [0.25, 0.3) is 0 Å². The number of hydrogen-bond acceptors (Lipinski definition) is 3. The summed E-state index contributed by atoms with van der Waals surface area (Å²) in [5, 5.41) is 0. The van der Waals surface area contributed by atoms with Crippen LogP contribution in [-0.4, -0.2) is 23.8 Å². The average Bonchev–Trinajstić information content (AvgIpc) is 2.42. The standard InChI is InChI=1S/C16H21NO3/c1-11(2)12-7-8-14(20-3)13(9-12)10-17-15(18)5-4-6-16(17)19/h7-9,11H,4-6,10H2,1-3H3. The third-order valence-electron chi connectivity index (χ3n) is 3.68. The minimum absolute atomic E-state index is 0.0850. The molecule has 4 nitrogen and oxygen atoms in total. The maximum absolute atomic E-state index is 11.9. The highest BCUT2D eigenvalue weighted by molar-refractivity contribution is 5.97. The van der Waals surface area contributed by atoms with Gasteiger partial charge < -0.3 is 4.74 Å². The van der Waals surface area contributed by atoms with Crippen LogP contribution >= 0.6 is 0 Å². The van der Waals surface area contributed by atoms with E-state index in [1.54, 1.807) is 7.11 Å². The van der Waals surface area contributed by atoms with Gasteiger partial charge >= 0.3 is 0 Å². The van der Waals surface area contributed by atoms with Crippen LogP contribution in [0, 0.1) is 0 Å². The normalized spacial score (nSPS) is 15.9. The van der Waals surface area contributed by atoms with Crippen LogP contribution in [0.1, 0.15) is 50.2 Å². The zero-order valence-electron chi connectivity index (χ0n) is 12.3. The SMILES string of the molecule is COc1ccc(C(C)C)cc1CN1C(=O)CCCC1=O. The van der Waals surface area contributed by atoms with Gasteiger partial charge in [-0.25, -0.2) is 0 Å². The van der Waals surface area contributed by atoms with E-state index in [0.717, 1.165) is 11.3 Å². The Bertz CT molecular complexity index is 506. The van der Waals surface area contributed by atoms with Gasteiger partial charge in [0.1, 0.15) is 5.75 Å². The molecule has 2 rings (SSSR count). The molecule has 1 saturated heterocycles. The second kappa shape index (κ2) is 6.07. The molecule has 1 aliphatic rings. The number of carbonyl (C=O) groups excluding carboxylic acids is 2. The number of imide groups is 1. The van der Waals surface area contributed by atoms with Crippen LogP contribution in [0.2, 0.25) is 0 Å². The molecule has 1 aromatic rings. The van der Waals surface area contributed by atoms with Gasteiger partial charge in [-0.3, -0.25) is 14.5 Å². The van der Waals surface area contributed by atoms with Crippen LogP contribution in [0.4, 0.5) is 0 Å². The smallest absolute Gasteiger partial charge is 0.229 e. The molecule has 0 aromatic heterocycles. The van der Waals surface area contributed by atoms with Crippen molar-refractivity contribution in [3.05, 3.63) is 29.3 Å². The molecule has 0 bridgehead atoms. The fraction of sp³-hybridized carbons (Fsp3) is 0.500. The monoisotopic (exact) mass is 275 g/mol. The highest BCUT2D eigenvalue weighted by Gasteiger charge is 2.26. The summed E-state index contributed by atoms with van der Waals surface area (Å²) < 4.78 is 5.34. The zero-order valence-corrected chi connectivity index (χ0v) is 12.3. The number of methoxy groups -OCH3 is 1. The molecule has 20 heavy (non-hydrogen) atoms. The Balaban J connectivity index is 2.28. The van der Waals surface area contributed by atoms with E-state index in [-0.39, 0.29) is 11.8 Å². The molecule has 0 radical (unpaired) electrons. The van der Waals surface area contributed by atoms with E-state index in [4.69, 9.17) is 4.74 Å². The molecule has 2 amide bonds. The highest BCUT2D eigenvalue weighted by Crippen LogP contribution is 2.26. The molecule has 0 saturated carbocycles. The van der Waals surface area contributed by atoms with Crippen molar-refractivity contribution in [2.45, 2.75) is 45.6 Å². The van der Waals surface area contributed by atoms with Gasteiger partial charge in [-0.2, -0.15) is 0 Å². The van der Waals surface area contributed by atoms with Gasteiger partial charge in [0.25, 0.3) is 0 Å². The Hall–Kier alpha value is -1.84. The predicted octanol–water partition coefficient (Wildman–Crippen LogP) is 2.86. The summed E-state index contributed by atoms with van der Waals surface area (Å²) >= 11 is 0. The largest absolute Gasteiger partial charge is 0.496 e. The lowest BCUT2D eigenvalue weighted by Crippen LogP contribution is -2.39. The first-order valence-electron chi connectivity index (χ1n) is 7.03. The molecular formula is C16H21NO3. The maximum atomic E-state index is 11.9. The van der Waals surface area contributed by atoms with E-state index in [9.17, 15) is 9.59 Å². The lowest BCUT2D eigenvalue weighted by molar-refractivity contribution is -0.148. The number of benzene rings is 1. The number of hydrogen-bond donors (Lipinski definition) is 0. The van der Waals surface area contributed by atoms with Crippen LogP contribution in [0.5, 0.6) is 5.75 Å². The number of ether oxygens (including phenoxy) is 1. The molecule has 0 aliphatic carbocycles. The summed E-state index contributed by atoms with van der Waals surface area (Å²) in [4.78, 5) is 25.1. The number of piperidine rings is 1. The van der Waals surface area contributed by atoms with E-state index in [2.05, 4.69) is 13.8 Å². The van der Waals surface area contributed by atoms with Crippen LogP contribution in [0.15, 0.2) is 18.2 Å². The predicted molar refractivity (Wildman–Crippen MR) is 76.5 cm³/mol. The number of amides is 2. The van der Waals surface area contributed by atoms with Gasteiger partial charge in [0.2, 0.25) is 11.8 Å². The molecule has 1 aromatic carbocycles. The third kappa shape index (κ3) is 3.00. The molecule has 1 heterocycles. The first kappa shape index (κ1) is 14.6. The quantitative estimate of drug-likeness (QED) is 0.794. The van der Waals surface area contributed by atoms with E-state index in [0.29, 0.717) is 31.7 Å². The van der Waals surface area contributed by atoms with Crippen molar-refractivity contribution in [2.75, 3.05) is 7.11 Å². The van der Waals surface area contributed by atoms with Gasteiger partial charge in [-0.15, -0.1) is 0 Å². The summed E-state index contributed by atoms with van der Waals surface area (Å²) in [6, 6.07) is 5.95. The van der Waals surface area contributed by atoms with Crippen molar-refractivity contribution in [1.29, 1.82) is 0 Å². The Kier molecular flexibility index (Phi) is 4.42. The topological polar surface area (TPSA) is 46.6 Å². The van der Waals surface area contributed by atoms with Gasteiger partial charge in [-0.05, 0) is 24.0 Å². The molecule has 0 unspecified atom stereocenters. The van der Waals surface area contributed by atoms with E-state index >= 15 is 0 Å². The number of carbonyl (C=O) groups is 2. The summed E-state index contributed by atoms with van der Waals surface area (Å²) in [7, 11) is 1.60. The minimum Gasteiger partial charge on any atom is -0.496 e. The van der Waals surface area contributed by atoms with Gasteiger partial charge in [-0.1, -0.05) is 26.0 Å². The van der Waals surface area contributed by atoms with E-state index in [1.165, 1.54) is 10.5 Å². The molecule has 4 heteroatoms. The van der Waals surface area contributed by atoms with Crippen molar-refractivity contribution in [3.63, 3.8) is 0 Å². The molecular weight excluding hydrogens is 254 g/mol. The van der Waals surface area contributed by atoms with Gasteiger partial charge in [0.05, 0.1) is 13.7 Å². The Labute approximate surface area is 119 Å². The summed E-state index contributed by atoms with van der Waals surface area (Å²) in [6.45, 7) is 4.53. The molecule has 1 aliphatic heterocycles. The van der Waals surface area contributed by atoms with Crippen LogP contribution in [-0.2, 0) is 16.1 Å². The van der Waals surface area contributed by atoms with Crippen molar-refractivity contribution in [3.8, 4) is 5.75 Å². The lowest BCUT2D eigenvalue weighted by atomic mass is 9.99. The second-order valence-corrected chi connectivity index (χ2v) is 5.45. The van der Waals surface area contributed by atoms with Crippen molar-refractivity contribution in [2.24, 2.45) is 0 Å². The van der Waals surface area contributed by atoms with E-state index < -0.39 is 0 Å². The Morgan fingerprint density at radius 1 is 1.20 bits per heavy atom. The lowest BCUT2D eigenvalue weighted by Gasteiger charge is -2.26. The van der Waals surface area contributed by atoms with Crippen molar-refractivity contribution in [1.82, 2.24) is 4.90 Å². The molecule has 0 N–H and O–H groups in total. The molecule has 1 fully saturated rings. The summed E-state index contributed by atoms with van der Waals surface area (Å²) in [5.41, 5.74) is 2.07. The van der Waals surface area contributed by atoms with Crippen molar-refractivity contribution >= 4 is 11.8 Å². The molecule has 0 spiro atoms. The van der Waals surface area contributed by atoms with Gasteiger partial charge in [0, 0.05) is 18.4 Å². The first-order valence-corrected chi connectivity index (χ1v) is 7.03. The highest BCUT2D eigenvalue weighted by atomic mass is 16.5.